The van der Waals surface area contributed by atoms with Gasteiger partial charge in [0.1, 0.15) is 27.7 Å². The third-order valence-corrected chi connectivity index (χ3v) is 8.75. The van der Waals surface area contributed by atoms with Crippen molar-refractivity contribution < 1.29 is 9.90 Å². The minimum atomic E-state index is -1.24. The first-order valence-electron chi connectivity index (χ1n) is 11.8. The van der Waals surface area contributed by atoms with E-state index in [2.05, 4.69) is 56.1 Å². The standard InChI is InChI=1S/C30H18N4O2S3/c31-18-19(30(35)36)17-22-11-14-25(37-22)23-12-13-24(29-28(23)32-39-33-29)26-15-16-27(38-26)34(20-7-3-1-4-8-20)21-9-5-2-6-10-21/h1-17H,(H,35,36)/b19-17-. The Kier molecular flexibility index (Phi) is 6.73. The Bertz CT molecular complexity index is 1830. The number of aliphatic carboxylic acids is 1. The molecule has 188 valence electrons. The molecule has 6 nitrogen and oxygen atoms in total. The topological polar surface area (TPSA) is 90.1 Å². The van der Waals surface area contributed by atoms with Crippen LogP contribution in [0.25, 0.3) is 38.0 Å². The molecule has 1 N–H and O–H groups in total. The summed E-state index contributed by atoms with van der Waals surface area (Å²) in [5.41, 5.74) is 5.42. The summed E-state index contributed by atoms with van der Waals surface area (Å²) < 4.78 is 9.24. The van der Waals surface area contributed by atoms with Gasteiger partial charge in [-0.15, -0.1) is 22.7 Å². The van der Waals surface area contributed by atoms with Crippen LogP contribution in [0.5, 0.6) is 0 Å². The van der Waals surface area contributed by atoms with Gasteiger partial charge in [-0.05, 0) is 54.6 Å². The summed E-state index contributed by atoms with van der Waals surface area (Å²) in [5.74, 6) is -1.24. The number of anilines is 3. The molecule has 0 fully saturated rings. The van der Waals surface area contributed by atoms with Crippen LogP contribution < -0.4 is 4.90 Å². The Balaban J connectivity index is 1.39. The SMILES string of the molecule is N#C/C(=C/c1ccc(-c2ccc(-c3ccc(N(c4ccccc4)c4ccccc4)s3)c3nsnc23)s1)C(=O)O. The molecule has 0 spiro atoms. The normalized spacial score (nSPS) is 11.4. The van der Waals surface area contributed by atoms with Crippen molar-refractivity contribution in [3.63, 3.8) is 0 Å². The molecule has 0 atom stereocenters. The van der Waals surface area contributed by atoms with Gasteiger partial charge in [-0.3, -0.25) is 0 Å². The van der Waals surface area contributed by atoms with Crippen molar-refractivity contribution >= 4 is 73.9 Å². The molecule has 0 bridgehead atoms. The first-order chi connectivity index (χ1) is 19.1. The van der Waals surface area contributed by atoms with Crippen LogP contribution in [-0.2, 0) is 4.79 Å². The van der Waals surface area contributed by atoms with Gasteiger partial charge in [0.05, 0.1) is 11.7 Å². The molecule has 3 aromatic carbocycles. The first-order valence-corrected chi connectivity index (χ1v) is 14.2. The van der Waals surface area contributed by atoms with E-state index < -0.39 is 5.97 Å². The molecule has 0 aliphatic carbocycles. The minimum Gasteiger partial charge on any atom is -0.477 e. The predicted octanol–water partition coefficient (Wildman–Crippen LogP) is 8.61. The van der Waals surface area contributed by atoms with E-state index in [-0.39, 0.29) is 5.57 Å². The van der Waals surface area contributed by atoms with Gasteiger partial charge in [0, 0.05) is 37.1 Å². The van der Waals surface area contributed by atoms with E-state index in [0.717, 1.165) is 48.3 Å². The Morgan fingerprint density at radius 2 is 1.33 bits per heavy atom. The number of hydrogen-bond acceptors (Lipinski definition) is 8. The summed E-state index contributed by atoms with van der Waals surface area (Å²) in [4.78, 5) is 16.2. The molecule has 39 heavy (non-hydrogen) atoms. The molecule has 6 aromatic rings. The van der Waals surface area contributed by atoms with Gasteiger partial charge >= 0.3 is 5.97 Å². The highest BCUT2D eigenvalue weighted by atomic mass is 32.1. The maximum Gasteiger partial charge on any atom is 0.346 e. The van der Waals surface area contributed by atoms with Crippen LogP contribution in [0, 0.1) is 11.3 Å². The van der Waals surface area contributed by atoms with E-state index in [1.54, 1.807) is 17.4 Å². The quantitative estimate of drug-likeness (QED) is 0.155. The lowest BCUT2D eigenvalue weighted by Gasteiger charge is -2.23. The molecule has 0 saturated heterocycles. The summed E-state index contributed by atoms with van der Waals surface area (Å²) in [6.45, 7) is 0. The van der Waals surface area contributed by atoms with E-state index in [1.165, 1.54) is 29.1 Å². The van der Waals surface area contributed by atoms with E-state index in [0.29, 0.717) is 4.88 Å². The average Bonchev–Trinajstić information content (AvgIpc) is 3.74. The van der Waals surface area contributed by atoms with Crippen molar-refractivity contribution in [2.45, 2.75) is 0 Å². The van der Waals surface area contributed by atoms with Crippen molar-refractivity contribution in [3.05, 3.63) is 108 Å². The number of carbonyl (C=O) groups is 1. The molecule has 0 aliphatic heterocycles. The van der Waals surface area contributed by atoms with Crippen molar-refractivity contribution in [2.75, 3.05) is 4.90 Å². The zero-order valence-corrected chi connectivity index (χ0v) is 22.6. The molecule has 3 aromatic heterocycles. The zero-order chi connectivity index (χ0) is 26.8. The number of rotatable bonds is 7. The maximum atomic E-state index is 11.2. The Hall–Kier alpha value is -4.62. The lowest BCUT2D eigenvalue weighted by molar-refractivity contribution is -0.132. The Labute approximate surface area is 236 Å². The third kappa shape index (κ3) is 4.84. The van der Waals surface area contributed by atoms with E-state index in [4.69, 9.17) is 5.26 Å². The van der Waals surface area contributed by atoms with Gasteiger partial charge in [0.15, 0.2) is 0 Å². The highest BCUT2D eigenvalue weighted by molar-refractivity contribution is 7.19. The van der Waals surface area contributed by atoms with Crippen molar-refractivity contribution in [3.8, 4) is 27.0 Å². The molecule has 3 heterocycles. The van der Waals surface area contributed by atoms with Gasteiger partial charge in [0.2, 0.25) is 0 Å². The van der Waals surface area contributed by atoms with Gasteiger partial charge in [-0.2, -0.15) is 14.0 Å². The largest absolute Gasteiger partial charge is 0.477 e. The fourth-order valence-corrected chi connectivity index (χ4v) is 6.90. The number of hydrogen-bond donors (Lipinski definition) is 1. The Morgan fingerprint density at radius 3 is 1.90 bits per heavy atom. The summed E-state index contributed by atoms with van der Waals surface area (Å²) in [6.07, 6.45) is 1.39. The number of carboxylic acids is 1. The van der Waals surface area contributed by atoms with Gasteiger partial charge < -0.3 is 10.0 Å². The van der Waals surface area contributed by atoms with E-state index in [1.807, 2.05) is 54.6 Å². The fourth-order valence-electron chi connectivity index (χ4n) is 4.27. The molecule has 9 heteroatoms. The number of carboxylic acid groups (broad SMARTS) is 1. The van der Waals surface area contributed by atoms with E-state index in [9.17, 15) is 9.90 Å². The summed E-state index contributed by atoms with van der Waals surface area (Å²) in [6, 6.07) is 34.4. The first kappa shape index (κ1) is 24.7. The third-order valence-electron chi connectivity index (χ3n) is 6.05. The second kappa shape index (κ2) is 10.6. The number of para-hydroxylation sites is 2. The summed E-state index contributed by atoms with van der Waals surface area (Å²) in [7, 11) is 0. The molecule has 0 radical (unpaired) electrons. The lowest BCUT2D eigenvalue weighted by Crippen LogP contribution is -2.07. The summed E-state index contributed by atoms with van der Waals surface area (Å²) >= 11 is 4.27. The van der Waals surface area contributed by atoms with Crippen LogP contribution in [0.15, 0.2) is 103 Å². The van der Waals surface area contributed by atoms with Crippen molar-refractivity contribution in [2.24, 2.45) is 0 Å². The van der Waals surface area contributed by atoms with Gasteiger partial charge in [0.25, 0.3) is 0 Å². The summed E-state index contributed by atoms with van der Waals surface area (Å²) in [5, 5.41) is 19.3. The van der Waals surface area contributed by atoms with Crippen LogP contribution in [0.2, 0.25) is 0 Å². The van der Waals surface area contributed by atoms with Crippen LogP contribution >= 0.6 is 34.4 Å². The van der Waals surface area contributed by atoms with Gasteiger partial charge in [-0.25, -0.2) is 4.79 Å². The number of aromatic nitrogens is 2. The number of fused-ring (bicyclic) bond motifs is 1. The van der Waals surface area contributed by atoms with Gasteiger partial charge in [-0.1, -0.05) is 48.5 Å². The molecule has 0 amide bonds. The molecular weight excluding hydrogens is 545 g/mol. The van der Waals surface area contributed by atoms with Crippen LogP contribution in [0.3, 0.4) is 0 Å². The lowest BCUT2D eigenvalue weighted by atomic mass is 10.1. The molecule has 0 unspecified atom stereocenters. The number of benzene rings is 3. The highest BCUT2D eigenvalue weighted by Gasteiger charge is 2.19. The number of thiophene rings is 2. The van der Waals surface area contributed by atoms with Crippen LogP contribution in [0.4, 0.5) is 16.4 Å². The van der Waals surface area contributed by atoms with E-state index >= 15 is 0 Å². The number of nitriles is 1. The average molecular weight is 563 g/mol. The van der Waals surface area contributed by atoms with Crippen molar-refractivity contribution in [1.82, 2.24) is 8.75 Å². The Morgan fingerprint density at radius 1 is 0.769 bits per heavy atom. The minimum absolute atomic E-state index is 0.298. The molecule has 0 aliphatic rings. The second-order valence-corrected chi connectivity index (χ2v) is 11.1. The zero-order valence-electron chi connectivity index (χ0n) is 20.2. The molecular formula is C30H18N4O2S3. The highest BCUT2D eigenvalue weighted by Crippen LogP contribution is 2.44. The fraction of sp³-hybridized carbons (Fsp3) is 0. The van der Waals surface area contributed by atoms with Crippen LogP contribution in [-0.4, -0.2) is 19.8 Å². The predicted molar refractivity (Wildman–Crippen MR) is 160 cm³/mol. The molecule has 0 saturated carbocycles. The van der Waals surface area contributed by atoms with Crippen LogP contribution in [0.1, 0.15) is 4.88 Å². The monoisotopic (exact) mass is 562 g/mol. The maximum absolute atomic E-state index is 11.2. The smallest absolute Gasteiger partial charge is 0.346 e. The second-order valence-electron chi connectivity index (χ2n) is 8.44. The number of nitrogens with zero attached hydrogens (tertiary/aromatic N) is 4. The van der Waals surface area contributed by atoms with Crippen molar-refractivity contribution in [1.29, 1.82) is 5.26 Å². The molecule has 6 rings (SSSR count).